The normalized spacial score (nSPS) is 17.3. The zero-order valence-electron chi connectivity index (χ0n) is 14.8. The molecule has 27 heavy (non-hydrogen) atoms. The molecule has 1 aromatic heterocycles. The first-order valence-electron chi connectivity index (χ1n) is 8.16. The number of imide groups is 1. The van der Waals surface area contributed by atoms with Gasteiger partial charge < -0.3 is 14.6 Å². The van der Waals surface area contributed by atoms with Crippen molar-refractivity contribution >= 4 is 21.8 Å². The standard InChI is InChI=1S/C17H19N3O6S/c1-25-12-5-3-11(4-6-12)15-9-13(26-19-15)10-20-16(21)14(18-17(20)22)7-8-27(2,23)24/h3-6,9,14H,7-8,10H2,1-2H3,(H,18,22)/t14-/m1/s1. The Hall–Kier alpha value is -2.88. The van der Waals surface area contributed by atoms with Gasteiger partial charge in [0.1, 0.15) is 27.3 Å². The van der Waals surface area contributed by atoms with E-state index in [4.69, 9.17) is 9.26 Å². The number of hydrogen-bond donors (Lipinski definition) is 1. The highest BCUT2D eigenvalue weighted by molar-refractivity contribution is 7.90. The second kappa shape index (κ2) is 7.39. The minimum atomic E-state index is -3.22. The van der Waals surface area contributed by atoms with Gasteiger partial charge in [-0.1, -0.05) is 5.16 Å². The molecule has 9 nitrogen and oxygen atoms in total. The number of rotatable bonds is 7. The van der Waals surface area contributed by atoms with Gasteiger partial charge in [-0.3, -0.25) is 9.69 Å². The Labute approximate surface area is 156 Å². The third kappa shape index (κ3) is 4.45. The van der Waals surface area contributed by atoms with Crippen LogP contribution < -0.4 is 10.1 Å². The highest BCUT2D eigenvalue weighted by atomic mass is 32.2. The minimum absolute atomic E-state index is 0.0351. The molecular formula is C17H19N3O6S. The van der Waals surface area contributed by atoms with E-state index in [2.05, 4.69) is 10.5 Å². The van der Waals surface area contributed by atoms with Gasteiger partial charge in [0.05, 0.1) is 19.4 Å². The van der Waals surface area contributed by atoms with Crippen molar-refractivity contribution in [2.45, 2.75) is 19.0 Å². The third-order valence-electron chi connectivity index (χ3n) is 4.14. The Morgan fingerprint density at radius 1 is 1.26 bits per heavy atom. The van der Waals surface area contributed by atoms with Crippen LogP contribution in [0.2, 0.25) is 0 Å². The molecule has 144 valence electrons. The van der Waals surface area contributed by atoms with Gasteiger partial charge in [0.25, 0.3) is 5.91 Å². The Morgan fingerprint density at radius 2 is 1.96 bits per heavy atom. The fraction of sp³-hybridized carbons (Fsp3) is 0.353. The molecule has 3 rings (SSSR count). The van der Waals surface area contributed by atoms with Gasteiger partial charge in [0.15, 0.2) is 5.76 Å². The topological polar surface area (TPSA) is 119 Å². The summed E-state index contributed by atoms with van der Waals surface area (Å²) in [6.45, 7) is -0.0802. The van der Waals surface area contributed by atoms with Crippen molar-refractivity contribution in [3.8, 4) is 17.0 Å². The van der Waals surface area contributed by atoms with Gasteiger partial charge in [-0.25, -0.2) is 13.2 Å². The predicted octanol–water partition coefficient (Wildman–Crippen LogP) is 1.21. The van der Waals surface area contributed by atoms with Gasteiger partial charge in [-0.05, 0) is 30.7 Å². The molecule has 3 amide bonds. The summed E-state index contributed by atoms with van der Waals surface area (Å²) in [5.41, 5.74) is 1.36. The Kier molecular flexibility index (Phi) is 5.17. The third-order valence-corrected chi connectivity index (χ3v) is 5.12. The van der Waals surface area contributed by atoms with Gasteiger partial charge >= 0.3 is 6.03 Å². The summed E-state index contributed by atoms with van der Waals surface area (Å²) in [7, 11) is -1.65. The fourth-order valence-electron chi connectivity index (χ4n) is 2.70. The van der Waals surface area contributed by atoms with Crippen molar-refractivity contribution in [3.63, 3.8) is 0 Å². The van der Waals surface area contributed by atoms with Crippen molar-refractivity contribution < 1.29 is 27.3 Å². The summed E-state index contributed by atoms with van der Waals surface area (Å²) < 4.78 is 32.9. The molecule has 1 atom stereocenters. The lowest BCUT2D eigenvalue weighted by Crippen LogP contribution is -2.32. The van der Waals surface area contributed by atoms with Crippen LogP contribution in [0.4, 0.5) is 4.79 Å². The monoisotopic (exact) mass is 393 g/mol. The average molecular weight is 393 g/mol. The van der Waals surface area contributed by atoms with Gasteiger partial charge in [0, 0.05) is 17.9 Å². The number of benzene rings is 1. The zero-order valence-corrected chi connectivity index (χ0v) is 15.7. The number of ether oxygens (including phenoxy) is 1. The van der Waals surface area contributed by atoms with Gasteiger partial charge in [0.2, 0.25) is 0 Å². The lowest BCUT2D eigenvalue weighted by molar-refractivity contribution is -0.128. The second-order valence-electron chi connectivity index (χ2n) is 6.25. The van der Waals surface area contributed by atoms with E-state index in [1.807, 2.05) is 12.1 Å². The first kappa shape index (κ1) is 18.9. The highest BCUT2D eigenvalue weighted by Gasteiger charge is 2.38. The van der Waals surface area contributed by atoms with Crippen molar-refractivity contribution in [3.05, 3.63) is 36.1 Å². The average Bonchev–Trinajstić information content (AvgIpc) is 3.20. The van der Waals surface area contributed by atoms with Crippen molar-refractivity contribution in [1.82, 2.24) is 15.4 Å². The van der Waals surface area contributed by atoms with Crippen LogP contribution in [0.15, 0.2) is 34.9 Å². The molecule has 0 spiro atoms. The maximum Gasteiger partial charge on any atom is 0.325 e. The molecule has 10 heteroatoms. The van der Waals surface area contributed by atoms with Gasteiger partial charge in [-0.2, -0.15) is 0 Å². The number of carbonyl (C=O) groups is 2. The number of nitrogens with one attached hydrogen (secondary N) is 1. The van der Waals surface area contributed by atoms with Crippen LogP contribution in [0.1, 0.15) is 12.2 Å². The van der Waals surface area contributed by atoms with Crippen molar-refractivity contribution in [2.75, 3.05) is 19.1 Å². The second-order valence-corrected chi connectivity index (χ2v) is 8.51. The number of hydrogen-bond acceptors (Lipinski definition) is 7. The van der Waals surface area contributed by atoms with E-state index >= 15 is 0 Å². The molecule has 2 aromatic rings. The zero-order chi connectivity index (χ0) is 19.6. The molecule has 1 aliphatic rings. The summed E-state index contributed by atoms with van der Waals surface area (Å²) in [6.07, 6.45) is 1.12. The maximum absolute atomic E-state index is 12.4. The summed E-state index contributed by atoms with van der Waals surface area (Å²) in [5, 5.41) is 6.45. The summed E-state index contributed by atoms with van der Waals surface area (Å²) in [5.74, 6) is 0.391. The molecule has 1 aromatic carbocycles. The molecule has 0 aliphatic carbocycles. The van der Waals surface area contributed by atoms with Crippen LogP contribution in [-0.4, -0.2) is 55.6 Å². The molecule has 0 saturated carbocycles. The number of aromatic nitrogens is 1. The maximum atomic E-state index is 12.4. The Balaban J connectivity index is 1.67. The van der Waals surface area contributed by atoms with E-state index in [9.17, 15) is 18.0 Å². The summed E-state index contributed by atoms with van der Waals surface area (Å²) in [4.78, 5) is 25.4. The number of nitrogens with zero attached hydrogens (tertiary/aromatic N) is 2. The van der Waals surface area contributed by atoms with Crippen LogP contribution >= 0.6 is 0 Å². The molecule has 1 fully saturated rings. The molecule has 2 heterocycles. The first-order valence-corrected chi connectivity index (χ1v) is 10.2. The minimum Gasteiger partial charge on any atom is -0.497 e. The lowest BCUT2D eigenvalue weighted by atomic mass is 10.1. The van der Waals surface area contributed by atoms with E-state index in [-0.39, 0.29) is 18.7 Å². The molecule has 1 saturated heterocycles. The summed E-state index contributed by atoms with van der Waals surface area (Å²) in [6, 6.07) is 7.41. The number of sulfone groups is 1. The molecule has 0 unspecified atom stereocenters. The Morgan fingerprint density at radius 3 is 2.59 bits per heavy atom. The van der Waals surface area contributed by atoms with Crippen LogP contribution in [0.25, 0.3) is 11.3 Å². The summed E-state index contributed by atoms with van der Waals surface area (Å²) >= 11 is 0. The first-order chi connectivity index (χ1) is 12.8. The molecule has 0 bridgehead atoms. The number of urea groups is 1. The largest absolute Gasteiger partial charge is 0.497 e. The molecule has 1 aliphatic heterocycles. The molecule has 1 N–H and O–H groups in total. The fourth-order valence-corrected chi connectivity index (χ4v) is 3.36. The smallest absolute Gasteiger partial charge is 0.325 e. The number of carbonyl (C=O) groups excluding carboxylic acids is 2. The van der Waals surface area contributed by atoms with Crippen molar-refractivity contribution in [2.24, 2.45) is 0 Å². The predicted molar refractivity (Wildman–Crippen MR) is 95.7 cm³/mol. The van der Waals surface area contributed by atoms with Crippen LogP contribution in [0.5, 0.6) is 5.75 Å². The Bertz CT molecular complexity index is 951. The van der Waals surface area contributed by atoms with Crippen LogP contribution in [0.3, 0.4) is 0 Å². The van der Waals surface area contributed by atoms with E-state index in [1.54, 1.807) is 25.3 Å². The highest BCUT2D eigenvalue weighted by Crippen LogP contribution is 2.23. The van der Waals surface area contributed by atoms with Gasteiger partial charge in [-0.15, -0.1) is 0 Å². The van der Waals surface area contributed by atoms with E-state index < -0.39 is 27.8 Å². The SMILES string of the molecule is COc1ccc(-c2cc(CN3C(=O)N[C@H](CCS(C)(=O)=O)C3=O)on2)cc1. The molecular weight excluding hydrogens is 374 g/mol. The quantitative estimate of drug-likeness (QED) is 0.702. The van der Waals surface area contributed by atoms with Crippen LogP contribution in [-0.2, 0) is 21.2 Å². The van der Waals surface area contributed by atoms with E-state index in [0.717, 1.165) is 16.7 Å². The van der Waals surface area contributed by atoms with E-state index in [0.29, 0.717) is 17.2 Å². The molecule has 0 radical (unpaired) electrons. The number of methoxy groups -OCH3 is 1. The number of amides is 3. The van der Waals surface area contributed by atoms with Crippen LogP contribution in [0, 0.1) is 0 Å². The lowest BCUT2D eigenvalue weighted by Gasteiger charge is -2.10. The van der Waals surface area contributed by atoms with E-state index in [1.165, 1.54) is 0 Å². The van der Waals surface area contributed by atoms with Crippen molar-refractivity contribution in [1.29, 1.82) is 0 Å².